The summed E-state index contributed by atoms with van der Waals surface area (Å²) in [5.74, 6) is -0.107. The lowest BCUT2D eigenvalue weighted by molar-refractivity contribution is -0.132. The van der Waals surface area contributed by atoms with Gasteiger partial charge in [0.25, 0.3) is 0 Å². The van der Waals surface area contributed by atoms with E-state index in [2.05, 4.69) is 4.90 Å². The van der Waals surface area contributed by atoms with Crippen molar-refractivity contribution in [1.82, 2.24) is 9.80 Å². The van der Waals surface area contributed by atoms with Gasteiger partial charge in [-0.25, -0.2) is 0 Å². The maximum absolute atomic E-state index is 11.8. The Labute approximate surface area is 96.2 Å². The third-order valence-corrected chi connectivity index (χ3v) is 3.65. The van der Waals surface area contributed by atoms with Crippen molar-refractivity contribution in [2.75, 3.05) is 32.8 Å². The average molecular weight is 227 g/mol. The fourth-order valence-corrected chi connectivity index (χ4v) is 2.66. The molecule has 2 fully saturated rings. The van der Waals surface area contributed by atoms with E-state index in [0.717, 1.165) is 19.5 Å². The van der Waals surface area contributed by atoms with Crippen LogP contribution in [0, 0.1) is 0 Å². The molecule has 2 atom stereocenters. The molecule has 2 saturated heterocycles. The molecule has 5 nitrogen and oxygen atoms in total. The first-order valence-electron chi connectivity index (χ1n) is 6.11. The van der Waals surface area contributed by atoms with Crippen molar-refractivity contribution in [2.24, 2.45) is 5.73 Å². The summed E-state index contributed by atoms with van der Waals surface area (Å²) in [5, 5.41) is 8.86. The molecular formula is C11H21N3O2. The molecule has 1 amide bonds. The Balaban J connectivity index is 1.85. The van der Waals surface area contributed by atoms with Gasteiger partial charge in [-0.1, -0.05) is 0 Å². The number of nitrogens with two attached hydrogens (primary N) is 1. The molecule has 0 spiro atoms. The molecule has 16 heavy (non-hydrogen) atoms. The Morgan fingerprint density at radius 3 is 2.69 bits per heavy atom. The van der Waals surface area contributed by atoms with Gasteiger partial charge in [0, 0.05) is 19.1 Å². The summed E-state index contributed by atoms with van der Waals surface area (Å²) in [5.41, 5.74) is 5.54. The van der Waals surface area contributed by atoms with Crippen LogP contribution in [0.15, 0.2) is 0 Å². The van der Waals surface area contributed by atoms with Gasteiger partial charge in [-0.2, -0.15) is 0 Å². The van der Waals surface area contributed by atoms with E-state index in [0.29, 0.717) is 6.04 Å². The topological polar surface area (TPSA) is 69.8 Å². The SMILES string of the molecule is NC(CO)C(=O)N1CCC(N2CCCC2)C1. The number of nitrogens with zero attached hydrogens (tertiary/aromatic N) is 2. The summed E-state index contributed by atoms with van der Waals surface area (Å²) in [7, 11) is 0. The van der Waals surface area contributed by atoms with Gasteiger partial charge >= 0.3 is 0 Å². The summed E-state index contributed by atoms with van der Waals surface area (Å²) in [6.07, 6.45) is 3.60. The molecule has 0 aromatic carbocycles. The van der Waals surface area contributed by atoms with E-state index >= 15 is 0 Å². The van der Waals surface area contributed by atoms with Crippen LogP contribution in [0.1, 0.15) is 19.3 Å². The molecule has 0 saturated carbocycles. The third kappa shape index (κ3) is 2.36. The minimum atomic E-state index is -0.739. The molecule has 0 bridgehead atoms. The minimum absolute atomic E-state index is 0.107. The molecule has 2 aliphatic heterocycles. The molecule has 2 aliphatic rings. The van der Waals surface area contributed by atoms with Gasteiger partial charge in [-0.05, 0) is 32.4 Å². The molecule has 2 heterocycles. The van der Waals surface area contributed by atoms with Crippen molar-refractivity contribution < 1.29 is 9.90 Å². The largest absolute Gasteiger partial charge is 0.394 e. The lowest BCUT2D eigenvalue weighted by Gasteiger charge is -2.24. The lowest BCUT2D eigenvalue weighted by atomic mass is 10.2. The predicted octanol–water partition coefficient (Wildman–Crippen LogP) is -0.997. The fourth-order valence-electron chi connectivity index (χ4n) is 2.66. The average Bonchev–Trinajstić information content (AvgIpc) is 2.96. The van der Waals surface area contributed by atoms with E-state index in [4.69, 9.17) is 10.8 Å². The van der Waals surface area contributed by atoms with Crippen LogP contribution in [0.3, 0.4) is 0 Å². The van der Waals surface area contributed by atoms with E-state index in [-0.39, 0.29) is 12.5 Å². The molecule has 2 unspecified atom stereocenters. The molecule has 92 valence electrons. The van der Waals surface area contributed by atoms with Crippen LogP contribution in [0.5, 0.6) is 0 Å². The third-order valence-electron chi connectivity index (χ3n) is 3.65. The van der Waals surface area contributed by atoms with Crippen molar-refractivity contribution in [2.45, 2.75) is 31.3 Å². The second-order valence-corrected chi connectivity index (χ2v) is 4.76. The van der Waals surface area contributed by atoms with Crippen LogP contribution in [0.25, 0.3) is 0 Å². The number of aliphatic hydroxyl groups excluding tert-OH is 1. The van der Waals surface area contributed by atoms with Gasteiger partial charge in [-0.3, -0.25) is 9.69 Å². The van der Waals surface area contributed by atoms with Gasteiger partial charge in [0.15, 0.2) is 0 Å². The second kappa shape index (κ2) is 5.12. The van der Waals surface area contributed by atoms with E-state index < -0.39 is 6.04 Å². The monoisotopic (exact) mass is 227 g/mol. The second-order valence-electron chi connectivity index (χ2n) is 4.76. The Hall–Kier alpha value is -0.650. The highest BCUT2D eigenvalue weighted by Gasteiger charge is 2.32. The quantitative estimate of drug-likeness (QED) is 0.649. The van der Waals surface area contributed by atoms with Crippen LogP contribution in [0.2, 0.25) is 0 Å². The number of aliphatic hydroxyl groups is 1. The first-order chi connectivity index (χ1) is 7.72. The molecule has 5 heteroatoms. The summed E-state index contributed by atoms with van der Waals surface area (Å²) >= 11 is 0. The molecule has 2 rings (SSSR count). The number of hydrogen-bond acceptors (Lipinski definition) is 4. The summed E-state index contributed by atoms with van der Waals surface area (Å²) in [6, 6.07) is -0.227. The number of amides is 1. The number of carbonyl (C=O) groups excluding carboxylic acids is 1. The Morgan fingerprint density at radius 2 is 2.06 bits per heavy atom. The first kappa shape index (κ1) is 11.8. The highest BCUT2D eigenvalue weighted by molar-refractivity contribution is 5.82. The van der Waals surface area contributed by atoms with Crippen LogP contribution in [0.4, 0.5) is 0 Å². The van der Waals surface area contributed by atoms with E-state index in [1.165, 1.54) is 25.9 Å². The lowest BCUT2D eigenvalue weighted by Crippen LogP contribution is -2.46. The van der Waals surface area contributed by atoms with Crippen LogP contribution < -0.4 is 5.73 Å². The number of carbonyl (C=O) groups is 1. The predicted molar refractivity (Wildman–Crippen MR) is 60.9 cm³/mol. The van der Waals surface area contributed by atoms with Crippen molar-refractivity contribution in [3.05, 3.63) is 0 Å². The number of rotatable bonds is 3. The molecule has 0 radical (unpaired) electrons. The van der Waals surface area contributed by atoms with E-state index in [1.54, 1.807) is 4.90 Å². The highest BCUT2D eigenvalue weighted by atomic mass is 16.3. The molecule has 0 aromatic heterocycles. The van der Waals surface area contributed by atoms with Crippen molar-refractivity contribution in [3.8, 4) is 0 Å². The highest BCUT2D eigenvalue weighted by Crippen LogP contribution is 2.20. The van der Waals surface area contributed by atoms with Crippen LogP contribution >= 0.6 is 0 Å². The molecule has 0 aromatic rings. The van der Waals surface area contributed by atoms with Gasteiger partial charge in [-0.15, -0.1) is 0 Å². The smallest absolute Gasteiger partial charge is 0.241 e. The van der Waals surface area contributed by atoms with Gasteiger partial charge < -0.3 is 15.7 Å². The maximum atomic E-state index is 11.8. The summed E-state index contributed by atoms with van der Waals surface area (Å²) in [4.78, 5) is 16.0. The van der Waals surface area contributed by atoms with Gasteiger partial charge in [0.05, 0.1) is 6.61 Å². The summed E-state index contributed by atoms with van der Waals surface area (Å²) in [6.45, 7) is 3.64. The zero-order chi connectivity index (χ0) is 11.5. The zero-order valence-electron chi connectivity index (χ0n) is 9.64. The number of likely N-dealkylation sites (tertiary alicyclic amines) is 2. The molecular weight excluding hydrogens is 206 g/mol. The molecule has 0 aliphatic carbocycles. The molecule has 3 N–H and O–H groups in total. The Bertz CT molecular complexity index is 254. The number of hydrogen-bond donors (Lipinski definition) is 2. The van der Waals surface area contributed by atoms with E-state index in [9.17, 15) is 4.79 Å². The van der Waals surface area contributed by atoms with E-state index in [1.807, 2.05) is 0 Å². The summed E-state index contributed by atoms with van der Waals surface area (Å²) < 4.78 is 0. The van der Waals surface area contributed by atoms with Crippen LogP contribution in [-0.2, 0) is 4.79 Å². The fraction of sp³-hybridized carbons (Fsp3) is 0.909. The van der Waals surface area contributed by atoms with Crippen molar-refractivity contribution in [3.63, 3.8) is 0 Å². The normalized spacial score (nSPS) is 28.6. The van der Waals surface area contributed by atoms with Crippen LogP contribution in [-0.4, -0.2) is 65.7 Å². The van der Waals surface area contributed by atoms with Crippen molar-refractivity contribution in [1.29, 1.82) is 0 Å². The standard InChI is InChI=1S/C11H21N3O2/c12-10(8-15)11(16)14-6-3-9(7-14)13-4-1-2-5-13/h9-10,15H,1-8,12H2. The zero-order valence-corrected chi connectivity index (χ0v) is 9.64. The van der Waals surface area contributed by atoms with Crippen molar-refractivity contribution >= 4 is 5.91 Å². The maximum Gasteiger partial charge on any atom is 0.241 e. The van der Waals surface area contributed by atoms with Gasteiger partial charge in [0.2, 0.25) is 5.91 Å². The Morgan fingerprint density at radius 1 is 1.38 bits per heavy atom. The Kier molecular flexibility index (Phi) is 3.78. The van der Waals surface area contributed by atoms with Gasteiger partial charge in [0.1, 0.15) is 6.04 Å². The first-order valence-corrected chi connectivity index (χ1v) is 6.11. The minimum Gasteiger partial charge on any atom is -0.394 e.